The molecule has 0 aliphatic heterocycles. The lowest BCUT2D eigenvalue weighted by molar-refractivity contribution is -0.305. The number of allylic oxidation sites excluding steroid dienone is 5. The quantitative estimate of drug-likeness (QED) is 0.147. The predicted octanol–water partition coefficient (Wildman–Crippen LogP) is 4.57. The molecule has 0 aliphatic carbocycles. The highest BCUT2D eigenvalue weighted by Gasteiger charge is 2.03. The van der Waals surface area contributed by atoms with E-state index in [0.29, 0.717) is 6.42 Å². The average molecular weight is 337 g/mol. The second-order valence-corrected chi connectivity index (χ2v) is 5.98. The summed E-state index contributed by atoms with van der Waals surface area (Å²) in [6.45, 7) is 2.21. The molecule has 0 saturated heterocycles. The lowest BCUT2D eigenvalue weighted by Crippen LogP contribution is -2.21. The summed E-state index contributed by atoms with van der Waals surface area (Å²) >= 11 is 0. The Balaban J connectivity index is 3.68. The summed E-state index contributed by atoms with van der Waals surface area (Å²) in [7, 11) is 0. The van der Waals surface area contributed by atoms with Crippen molar-refractivity contribution < 1.29 is 20.0 Å². The van der Waals surface area contributed by atoms with Crippen LogP contribution in [0.4, 0.5) is 0 Å². The number of hydrogen-bond donors (Lipinski definition) is 1. The van der Waals surface area contributed by atoms with Crippen molar-refractivity contribution >= 4 is 5.97 Å². The van der Waals surface area contributed by atoms with Gasteiger partial charge in [-0.25, -0.2) is 4.89 Å². The van der Waals surface area contributed by atoms with E-state index < -0.39 is 5.97 Å². The number of carboxylic acid groups (broad SMARTS) is 1. The van der Waals surface area contributed by atoms with Crippen LogP contribution >= 0.6 is 0 Å². The van der Waals surface area contributed by atoms with Gasteiger partial charge >= 0.3 is 0 Å². The fourth-order valence-corrected chi connectivity index (χ4v) is 2.30. The van der Waals surface area contributed by atoms with Crippen molar-refractivity contribution in [3.8, 4) is 0 Å². The Morgan fingerprint density at radius 3 is 2.54 bits per heavy atom. The normalized spacial score (nSPS) is 13.4. The van der Waals surface area contributed by atoms with Crippen molar-refractivity contribution in [3.05, 3.63) is 36.5 Å². The Labute approximate surface area is 146 Å². The number of aliphatic carboxylic acids is 1. The van der Waals surface area contributed by atoms with Crippen molar-refractivity contribution in [1.82, 2.24) is 0 Å². The third-order valence-electron chi connectivity index (χ3n) is 3.74. The van der Waals surface area contributed by atoms with E-state index in [1.165, 1.54) is 19.3 Å². The number of rotatable bonds is 16. The number of hydrogen-bond acceptors (Lipinski definition) is 4. The summed E-state index contributed by atoms with van der Waals surface area (Å²) < 4.78 is 0. The first-order valence-corrected chi connectivity index (χ1v) is 9.19. The molecule has 0 radical (unpaired) electrons. The Bertz CT molecular complexity index is 372. The van der Waals surface area contributed by atoms with Gasteiger partial charge in [0.25, 0.3) is 0 Å². The van der Waals surface area contributed by atoms with E-state index in [0.717, 1.165) is 38.5 Å². The molecule has 1 N–H and O–H groups in total. The molecule has 4 nitrogen and oxygen atoms in total. The molecule has 0 saturated carbocycles. The van der Waals surface area contributed by atoms with Crippen molar-refractivity contribution in [2.45, 2.75) is 83.7 Å². The molecular weight excluding hydrogens is 304 g/mol. The molecule has 0 aromatic heterocycles. The van der Waals surface area contributed by atoms with Gasteiger partial charge in [-0.2, -0.15) is 0 Å². The van der Waals surface area contributed by atoms with Gasteiger partial charge in [-0.3, -0.25) is 5.26 Å². The van der Waals surface area contributed by atoms with Crippen LogP contribution in [-0.2, 0) is 9.68 Å². The Morgan fingerprint density at radius 2 is 1.83 bits per heavy atom. The Morgan fingerprint density at radius 1 is 1.04 bits per heavy atom. The summed E-state index contributed by atoms with van der Waals surface area (Å²) in [5.41, 5.74) is 0. The van der Waals surface area contributed by atoms with Gasteiger partial charge in [-0.1, -0.05) is 75.5 Å². The van der Waals surface area contributed by atoms with Crippen LogP contribution in [0.2, 0.25) is 0 Å². The molecule has 0 unspecified atom stereocenters. The maximum Gasteiger partial charge on any atom is 0.111 e. The third-order valence-corrected chi connectivity index (χ3v) is 3.74. The molecule has 4 heteroatoms. The minimum absolute atomic E-state index is 0.123. The molecule has 1 atom stereocenters. The van der Waals surface area contributed by atoms with E-state index >= 15 is 0 Å². The van der Waals surface area contributed by atoms with Crippen molar-refractivity contribution in [3.63, 3.8) is 0 Å². The third kappa shape index (κ3) is 17.0. The van der Waals surface area contributed by atoms with Crippen LogP contribution in [0.25, 0.3) is 0 Å². The van der Waals surface area contributed by atoms with Gasteiger partial charge in [0.1, 0.15) is 6.10 Å². The summed E-state index contributed by atoms with van der Waals surface area (Å²) in [6.07, 6.45) is 21.9. The molecule has 0 spiro atoms. The Hall–Kier alpha value is -1.39. The molecule has 0 rings (SSSR count). The van der Waals surface area contributed by atoms with Crippen LogP contribution in [0.1, 0.15) is 77.6 Å². The maximum absolute atomic E-state index is 10.3. The first-order chi connectivity index (χ1) is 11.7. The molecule has 0 aromatic carbocycles. The molecule has 0 aliphatic rings. The van der Waals surface area contributed by atoms with Crippen molar-refractivity contribution in [1.29, 1.82) is 0 Å². The Kier molecular flexibility index (Phi) is 16.9. The fourth-order valence-electron chi connectivity index (χ4n) is 2.30. The average Bonchev–Trinajstić information content (AvgIpc) is 2.57. The van der Waals surface area contributed by atoms with E-state index in [2.05, 4.69) is 30.0 Å². The van der Waals surface area contributed by atoms with E-state index in [-0.39, 0.29) is 12.5 Å². The zero-order chi connectivity index (χ0) is 17.9. The van der Waals surface area contributed by atoms with Gasteiger partial charge in [-0.15, -0.1) is 0 Å². The summed E-state index contributed by atoms with van der Waals surface area (Å²) in [5.74, 6) is -0.989. The maximum atomic E-state index is 10.3. The highest BCUT2D eigenvalue weighted by atomic mass is 17.1. The predicted molar refractivity (Wildman–Crippen MR) is 96.4 cm³/mol. The van der Waals surface area contributed by atoms with Gasteiger partial charge in [0.05, 0.1) is 0 Å². The molecular formula is C20H33O4-. The molecule has 138 valence electrons. The molecule has 24 heavy (non-hydrogen) atoms. The first-order valence-electron chi connectivity index (χ1n) is 9.19. The zero-order valence-electron chi connectivity index (χ0n) is 15.0. The molecule has 0 aromatic rings. The van der Waals surface area contributed by atoms with E-state index in [1.807, 2.05) is 18.2 Å². The topological polar surface area (TPSA) is 69.6 Å². The monoisotopic (exact) mass is 337 g/mol. The first kappa shape index (κ1) is 22.6. The van der Waals surface area contributed by atoms with Gasteiger partial charge in [0.2, 0.25) is 0 Å². The minimum Gasteiger partial charge on any atom is -0.550 e. The highest BCUT2D eigenvalue weighted by molar-refractivity contribution is 5.64. The number of unbranched alkanes of at least 4 members (excludes halogenated alkanes) is 6. The minimum atomic E-state index is -0.989. The lowest BCUT2D eigenvalue weighted by atomic mass is 10.1. The van der Waals surface area contributed by atoms with E-state index in [1.54, 1.807) is 0 Å². The van der Waals surface area contributed by atoms with Crippen LogP contribution in [0, 0.1) is 0 Å². The van der Waals surface area contributed by atoms with Crippen LogP contribution in [0.3, 0.4) is 0 Å². The standard InChI is InChI=1S/C20H34O4/c1-2-3-4-5-6-7-8-9-10-13-16-19(24-23)17-14-11-12-15-18-20(21)22/h6-7,9-10,13,16,19,23H,2-5,8,11-12,14-15,17-18H2,1H3,(H,21,22)/p-1/b7-6-,10-9-,16-13+/t19-/m0/s1. The lowest BCUT2D eigenvalue weighted by Gasteiger charge is -2.08. The van der Waals surface area contributed by atoms with Crippen molar-refractivity contribution in [2.24, 2.45) is 0 Å². The van der Waals surface area contributed by atoms with Gasteiger partial charge < -0.3 is 9.90 Å². The van der Waals surface area contributed by atoms with E-state index in [4.69, 9.17) is 5.26 Å². The molecule has 0 bridgehead atoms. The van der Waals surface area contributed by atoms with Crippen LogP contribution in [0.15, 0.2) is 36.5 Å². The van der Waals surface area contributed by atoms with E-state index in [9.17, 15) is 9.90 Å². The fraction of sp³-hybridized carbons (Fsp3) is 0.650. The second kappa shape index (κ2) is 18.0. The smallest absolute Gasteiger partial charge is 0.111 e. The van der Waals surface area contributed by atoms with Crippen molar-refractivity contribution in [2.75, 3.05) is 0 Å². The van der Waals surface area contributed by atoms with Gasteiger partial charge in [-0.05, 0) is 38.5 Å². The summed E-state index contributed by atoms with van der Waals surface area (Å²) in [5, 5.41) is 19.1. The van der Waals surface area contributed by atoms with Crippen LogP contribution < -0.4 is 5.11 Å². The SMILES string of the molecule is CCCCC/C=C\C/C=C\C=C\[C@@H](CCCCCCC(=O)[O-])OO. The molecule has 0 heterocycles. The number of carbonyl (C=O) groups excluding carboxylic acids is 1. The number of carboxylic acids is 1. The highest BCUT2D eigenvalue weighted by Crippen LogP contribution is 2.10. The zero-order valence-corrected chi connectivity index (χ0v) is 15.0. The largest absolute Gasteiger partial charge is 0.550 e. The molecule has 0 fully saturated rings. The van der Waals surface area contributed by atoms with Crippen LogP contribution in [-0.4, -0.2) is 17.3 Å². The second-order valence-electron chi connectivity index (χ2n) is 5.98. The van der Waals surface area contributed by atoms with Crippen LogP contribution in [0.5, 0.6) is 0 Å². The summed E-state index contributed by atoms with van der Waals surface area (Å²) in [4.78, 5) is 14.7. The van der Waals surface area contributed by atoms with Gasteiger partial charge in [0, 0.05) is 5.97 Å². The summed E-state index contributed by atoms with van der Waals surface area (Å²) in [6, 6.07) is 0. The van der Waals surface area contributed by atoms with Gasteiger partial charge in [0.15, 0.2) is 0 Å². The molecule has 0 amide bonds. The number of carbonyl (C=O) groups is 1.